The Bertz CT molecular complexity index is 1280. The maximum Gasteiger partial charge on any atom is 0.332 e. The van der Waals surface area contributed by atoms with Crippen molar-refractivity contribution in [2.75, 3.05) is 34.5 Å². The largest absolute Gasteiger partial charge is 0.378 e. The molecular formula is C27H27ClN6O. The second-order valence-electron chi connectivity index (χ2n) is 8.17. The second kappa shape index (κ2) is 10.9. The molecule has 0 aliphatic carbocycles. The summed E-state index contributed by atoms with van der Waals surface area (Å²) >= 11 is 6.29. The Morgan fingerprint density at radius 1 is 0.886 bits per heavy atom. The summed E-state index contributed by atoms with van der Waals surface area (Å²) in [6.07, 6.45) is 1.63. The number of halogens is 1. The number of hydrogen-bond acceptors (Lipinski definition) is 5. The highest BCUT2D eigenvalue weighted by atomic mass is 35.5. The van der Waals surface area contributed by atoms with Crippen LogP contribution in [0.1, 0.15) is 18.5 Å². The maximum absolute atomic E-state index is 13.5. The lowest BCUT2D eigenvalue weighted by molar-refractivity contribution is 0.259. The van der Waals surface area contributed by atoms with Crippen LogP contribution in [-0.4, -0.2) is 30.1 Å². The van der Waals surface area contributed by atoms with Crippen LogP contribution in [-0.2, 0) is 0 Å². The van der Waals surface area contributed by atoms with Gasteiger partial charge in [0, 0.05) is 32.0 Å². The van der Waals surface area contributed by atoms with E-state index in [1.54, 1.807) is 24.4 Å². The lowest BCUT2D eigenvalue weighted by atomic mass is 10.1. The molecule has 0 aliphatic heterocycles. The molecule has 1 aromatic heterocycles. The third-order valence-electron chi connectivity index (χ3n) is 5.46. The average molecular weight is 487 g/mol. The van der Waals surface area contributed by atoms with E-state index in [1.807, 2.05) is 92.6 Å². The highest BCUT2D eigenvalue weighted by Gasteiger charge is 2.21. The van der Waals surface area contributed by atoms with Gasteiger partial charge in [-0.25, -0.2) is 14.7 Å². The summed E-state index contributed by atoms with van der Waals surface area (Å²) < 4.78 is 0. The van der Waals surface area contributed by atoms with E-state index in [0.29, 0.717) is 28.2 Å². The number of nitrogens with one attached hydrogen (secondary N) is 2. The molecule has 1 heterocycles. The van der Waals surface area contributed by atoms with E-state index in [4.69, 9.17) is 11.6 Å². The Balaban J connectivity index is 1.67. The third kappa shape index (κ3) is 5.88. The molecule has 0 bridgehead atoms. The number of hydrogen-bond donors (Lipinski definition) is 2. The van der Waals surface area contributed by atoms with Crippen LogP contribution in [0.3, 0.4) is 0 Å². The fourth-order valence-corrected chi connectivity index (χ4v) is 3.73. The summed E-state index contributed by atoms with van der Waals surface area (Å²) in [4.78, 5) is 26.0. The van der Waals surface area contributed by atoms with Crippen LogP contribution in [0.15, 0.2) is 91.1 Å². The van der Waals surface area contributed by atoms with Crippen molar-refractivity contribution in [2.24, 2.45) is 0 Å². The van der Waals surface area contributed by atoms with Gasteiger partial charge in [-0.2, -0.15) is 4.98 Å². The number of benzene rings is 3. The van der Waals surface area contributed by atoms with Crippen LogP contribution in [0.4, 0.5) is 33.6 Å². The highest BCUT2D eigenvalue weighted by molar-refractivity contribution is 6.33. The molecule has 2 amide bonds. The molecular weight excluding hydrogens is 460 g/mol. The molecule has 3 aromatic carbocycles. The van der Waals surface area contributed by atoms with Gasteiger partial charge < -0.3 is 15.5 Å². The van der Waals surface area contributed by atoms with Gasteiger partial charge in [0.15, 0.2) is 0 Å². The molecule has 0 spiro atoms. The zero-order valence-corrected chi connectivity index (χ0v) is 20.6. The Morgan fingerprint density at radius 2 is 1.54 bits per heavy atom. The van der Waals surface area contributed by atoms with Crippen LogP contribution in [0.2, 0.25) is 5.02 Å². The Hall–Kier alpha value is -4.10. The summed E-state index contributed by atoms with van der Waals surface area (Å²) in [7, 11) is 3.93. The molecule has 0 unspecified atom stereocenters. The number of nitrogens with zero attached hydrogens (tertiary/aromatic N) is 4. The molecule has 1 atom stereocenters. The first-order valence-corrected chi connectivity index (χ1v) is 11.6. The van der Waals surface area contributed by atoms with Crippen molar-refractivity contribution in [2.45, 2.75) is 13.0 Å². The summed E-state index contributed by atoms with van der Waals surface area (Å²) in [6, 6.07) is 26.1. The summed E-state index contributed by atoms with van der Waals surface area (Å²) in [5, 5.41) is 6.66. The maximum atomic E-state index is 13.5. The minimum Gasteiger partial charge on any atom is -0.378 e. The lowest BCUT2D eigenvalue weighted by Gasteiger charge is -2.24. The Morgan fingerprint density at radius 3 is 2.23 bits per heavy atom. The summed E-state index contributed by atoms with van der Waals surface area (Å²) in [5.74, 6) is 0.837. The average Bonchev–Trinajstić information content (AvgIpc) is 2.87. The number of anilines is 5. The zero-order chi connectivity index (χ0) is 24.8. The van der Waals surface area contributed by atoms with E-state index in [1.165, 1.54) is 4.90 Å². The third-order valence-corrected chi connectivity index (χ3v) is 5.79. The fourth-order valence-electron chi connectivity index (χ4n) is 3.55. The molecule has 4 rings (SSSR count). The normalized spacial score (nSPS) is 11.4. The quantitative estimate of drug-likeness (QED) is 0.302. The van der Waals surface area contributed by atoms with Gasteiger partial charge in [-0.05, 0) is 48.9 Å². The van der Waals surface area contributed by atoms with Crippen molar-refractivity contribution >= 4 is 46.5 Å². The van der Waals surface area contributed by atoms with Gasteiger partial charge in [0.25, 0.3) is 0 Å². The predicted octanol–water partition coefficient (Wildman–Crippen LogP) is 6.74. The molecule has 178 valence electrons. The van der Waals surface area contributed by atoms with Crippen LogP contribution in [0.5, 0.6) is 0 Å². The van der Waals surface area contributed by atoms with Crippen LogP contribution in [0.25, 0.3) is 0 Å². The van der Waals surface area contributed by atoms with E-state index in [-0.39, 0.29) is 6.04 Å². The smallest absolute Gasteiger partial charge is 0.332 e. The molecule has 8 heteroatoms. The van der Waals surface area contributed by atoms with Crippen LogP contribution >= 0.6 is 11.6 Å². The van der Waals surface area contributed by atoms with Crippen molar-refractivity contribution in [3.63, 3.8) is 0 Å². The summed E-state index contributed by atoms with van der Waals surface area (Å²) in [6.45, 7) is 2.03. The second-order valence-corrected chi connectivity index (χ2v) is 8.58. The number of aromatic nitrogens is 2. The van der Waals surface area contributed by atoms with Gasteiger partial charge in [-0.1, -0.05) is 54.1 Å². The topological polar surface area (TPSA) is 73.4 Å². The number of rotatable bonds is 7. The number of urea groups is 1. The van der Waals surface area contributed by atoms with Crippen LogP contribution in [0, 0.1) is 0 Å². The van der Waals surface area contributed by atoms with E-state index in [2.05, 4.69) is 20.6 Å². The Kier molecular flexibility index (Phi) is 7.48. The standard InChI is InChI=1S/C27H27ClN6O/c1-19(20-9-5-4-6-10-20)30-26-29-18-17-25(32-26)34(22-15-13-21(14-16-22)33(2)3)27(35)31-24-12-8-7-11-23(24)28/h4-19H,1-3H3,(H,31,35)(H,29,30,32)/t19-/m0/s1. The van der Waals surface area contributed by atoms with E-state index in [9.17, 15) is 4.79 Å². The van der Waals surface area contributed by atoms with Gasteiger partial charge in [0.05, 0.1) is 22.4 Å². The first kappa shape index (κ1) is 24.0. The molecule has 0 radical (unpaired) electrons. The predicted molar refractivity (Wildman–Crippen MR) is 144 cm³/mol. The molecule has 7 nitrogen and oxygen atoms in total. The Labute approximate surface area is 210 Å². The zero-order valence-electron chi connectivity index (χ0n) is 19.8. The first-order valence-electron chi connectivity index (χ1n) is 11.2. The fraction of sp³-hybridized carbons (Fsp3) is 0.148. The van der Waals surface area contributed by atoms with Crippen molar-refractivity contribution in [1.82, 2.24) is 9.97 Å². The molecule has 0 saturated carbocycles. The minimum absolute atomic E-state index is 0.0174. The summed E-state index contributed by atoms with van der Waals surface area (Å²) in [5.41, 5.74) is 3.29. The molecule has 35 heavy (non-hydrogen) atoms. The first-order chi connectivity index (χ1) is 16.9. The van der Waals surface area contributed by atoms with E-state index < -0.39 is 6.03 Å². The van der Waals surface area contributed by atoms with Crippen molar-refractivity contribution in [3.05, 3.63) is 102 Å². The van der Waals surface area contributed by atoms with Gasteiger partial charge in [-0.15, -0.1) is 0 Å². The molecule has 0 fully saturated rings. The van der Waals surface area contributed by atoms with Crippen molar-refractivity contribution in [3.8, 4) is 0 Å². The number of amides is 2. The van der Waals surface area contributed by atoms with E-state index in [0.717, 1.165) is 11.3 Å². The van der Waals surface area contributed by atoms with Crippen molar-refractivity contribution in [1.29, 1.82) is 0 Å². The number of para-hydroxylation sites is 1. The van der Waals surface area contributed by atoms with Crippen LogP contribution < -0.4 is 20.4 Å². The molecule has 0 aliphatic rings. The SMILES string of the molecule is C[C@H](Nc1nccc(N(C(=O)Nc2ccccc2Cl)c2ccc(N(C)C)cc2)n1)c1ccccc1. The van der Waals surface area contributed by atoms with Gasteiger partial charge in [-0.3, -0.25) is 0 Å². The van der Waals surface area contributed by atoms with Crippen molar-refractivity contribution < 1.29 is 4.79 Å². The lowest BCUT2D eigenvalue weighted by Crippen LogP contribution is -2.32. The molecule has 0 saturated heterocycles. The molecule has 2 N–H and O–H groups in total. The van der Waals surface area contributed by atoms with E-state index >= 15 is 0 Å². The highest BCUT2D eigenvalue weighted by Crippen LogP contribution is 2.29. The van der Waals surface area contributed by atoms with Gasteiger partial charge in [0.1, 0.15) is 5.82 Å². The van der Waals surface area contributed by atoms with Gasteiger partial charge in [0.2, 0.25) is 5.95 Å². The van der Waals surface area contributed by atoms with Gasteiger partial charge >= 0.3 is 6.03 Å². The molecule has 4 aromatic rings. The number of carbonyl (C=O) groups is 1. The monoisotopic (exact) mass is 486 g/mol. The number of carbonyl (C=O) groups excluding carboxylic acids is 1. The minimum atomic E-state index is -0.392.